The van der Waals surface area contributed by atoms with Crippen molar-refractivity contribution in [3.05, 3.63) is 64.5 Å². The molecule has 1 amide bonds. The summed E-state index contributed by atoms with van der Waals surface area (Å²) in [6.07, 6.45) is 1.04. The van der Waals surface area contributed by atoms with Gasteiger partial charge < -0.3 is 15.8 Å². The number of benzene rings is 2. The van der Waals surface area contributed by atoms with Crippen molar-refractivity contribution in [1.82, 2.24) is 10.0 Å². The molecule has 0 heterocycles. The summed E-state index contributed by atoms with van der Waals surface area (Å²) in [6.45, 7) is 1.79. The zero-order valence-corrected chi connectivity index (χ0v) is 18.1. The largest absolute Gasteiger partial charge is 0.492 e. The highest BCUT2D eigenvalue weighted by molar-refractivity contribution is 7.88. The molecular weight excluding hydrogens is 435 g/mol. The molecule has 0 bridgehead atoms. The predicted molar refractivity (Wildman–Crippen MR) is 115 cm³/mol. The molecule has 0 unspecified atom stereocenters. The number of amides is 1. The normalized spacial score (nSPS) is 10.8. The van der Waals surface area contributed by atoms with Crippen LogP contribution in [0.2, 0.25) is 0 Å². The zero-order chi connectivity index (χ0) is 21.6. The summed E-state index contributed by atoms with van der Waals surface area (Å²) in [5.74, 6) is -0.557. The molecule has 0 aliphatic rings. The molecule has 0 radical (unpaired) electrons. The van der Waals surface area contributed by atoms with Gasteiger partial charge in [-0.05, 0) is 36.8 Å². The minimum atomic E-state index is -3.34. The van der Waals surface area contributed by atoms with Crippen LogP contribution in [0.4, 0.5) is 4.39 Å². The summed E-state index contributed by atoms with van der Waals surface area (Å²) in [5.41, 5.74) is 7.24. The summed E-state index contributed by atoms with van der Waals surface area (Å²) < 4.78 is 43.6. The Balaban J connectivity index is 0.00000450. The first kappa shape index (κ1) is 25.3. The van der Waals surface area contributed by atoms with Gasteiger partial charge in [-0.3, -0.25) is 10.2 Å². The molecule has 8 nitrogen and oxygen atoms in total. The molecule has 0 aliphatic carbocycles. The average molecular weight is 459 g/mol. The molecule has 2 aromatic rings. The van der Waals surface area contributed by atoms with E-state index in [0.29, 0.717) is 28.0 Å². The van der Waals surface area contributed by atoms with Gasteiger partial charge in [-0.1, -0.05) is 12.1 Å². The molecule has 0 saturated carbocycles. The molecule has 2 aromatic carbocycles. The second-order valence-corrected chi connectivity index (χ2v) is 8.23. The van der Waals surface area contributed by atoms with E-state index in [1.54, 1.807) is 25.1 Å². The molecule has 0 atom stereocenters. The smallest absolute Gasteiger partial charge is 0.251 e. The fourth-order valence-electron chi connectivity index (χ4n) is 2.45. The topological polar surface area (TPSA) is 134 Å². The van der Waals surface area contributed by atoms with Gasteiger partial charge in [-0.25, -0.2) is 17.5 Å². The van der Waals surface area contributed by atoms with E-state index >= 15 is 0 Å². The number of halogens is 2. The standard InChI is InChI=1S/C19H23FN4O4S.ClH/c1-12-9-14(5-6-16(12)20)19(25)23-11-15-4-3-13(18(21)22)10-17(15)28-8-7-24-29(2,26)27;/h3-6,9-10,24H,7-8,11H2,1-2H3,(H3,21,22)(H,23,25);1H. The van der Waals surface area contributed by atoms with Crippen molar-refractivity contribution in [2.24, 2.45) is 5.73 Å². The number of aryl methyl sites for hydroxylation is 1. The monoisotopic (exact) mass is 458 g/mol. The van der Waals surface area contributed by atoms with Crippen LogP contribution in [0, 0.1) is 18.2 Å². The van der Waals surface area contributed by atoms with Gasteiger partial charge in [-0.2, -0.15) is 0 Å². The maximum absolute atomic E-state index is 13.4. The van der Waals surface area contributed by atoms with Crippen LogP contribution in [0.5, 0.6) is 5.75 Å². The van der Waals surface area contributed by atoms with E-state index < -0.39 is 10.0 Å². The Morgan fingerprint density at radius 3 is 2.47 bits per heavy atom. The van der Waals surface area contributed by atoms with E-state index in [-0.39, 0.29) is 49.7 Å². The van der Waals surface area contributed by atoms with E-state index in [0.717, 1.165) is 6.26 Å². The van der Waals surface area contributed by atoms with E-state index in [4.69, 9.17) is 15.9 Å². The lowest BCUT2D eigenvalue weighted by atomic mass is 10.1. The minimum absolute atomic E-state index is 0. The maximum Gasteiger partial charge on any atom is 0.251 e. The number of rotatable bonds is 9. The van der Waals surface area contributed by atoms with Crippen LogP contribution in [-0.2, 0) is 16.6 Å². The minimum Gasteiger partial charge on any atom is -0.492 e. The van der Waals surface area contributed by atoms with Gasteiger partial charge in [-0.15, -0.1) is 12.4 Å². The molecule has 5 N–H and O–H groups in total. The van der Waals surface area contributed by atoms with E-state index in [9.17, 15) is 17.6 Å². The Bertz CT molecular complexity index is 1030. The summed E-state index contributed by atoms with van der Waals surface area (Å²) in [5, 5.41) is 10.3. The lowest BCUT2D eigenvalue weighted by Gasteiger charge is -2.14. The molecule has 0 aliphatic heterocycles. The van der Waals surface area contributed by atoms with Gasteiger partial charge in [0.25, 0.3) is 5.91 Å². The number of carbonyl (C=O) groups is 1. The van der Waals surface area contributed by atoms with Gasteiger partial charge in [0.05, 0.1) is 6.26 Å². The highest BCUT2D eigenvalue weighted by atomic mass is 35.5. The first-order valence-corrected chi connectivity index (χ1v) is 10.5. The van der Waals surface area contributed by atoms with Gasteiger partial charge in [0, 0.05) is 29.8 Å². The fraction of sp³-hybridized carbons (Fsp3) is 0.263. The predicted octanol–water partition coefficient (Wildman–Crippen LogP) is 1.70. The second-order valence-electron chi connectivity index (χ2n) is 6.40. The molecule has 0 aromatic heterocycles. The quantitative estimate of drug-likeness (QED) is 0.258. The number of nitrogens with one attached hydrogen (secondary N) is 3. The molecule has 2 rings (SSSR count). The third kappa shape index (κ3) is 7.62. The zero-order valence-electron chi connectivity index (χ0n) is 16.5. The molecule has 30 heavy (non-hydrogen) atoms. The molecule has 11 heteroatoms. The molecular formula is C19H24ClFN4O4S. The molecule has 164 valence electrons. The highest BCUT2D eigenvalue weighted by Gasteiger charge is 2.12. The lowest BCUT2D eigenvalue weighted by Crippen LogP contribution is -2.27. The Labute approximate surface area is 181 Å². The molecule has 0 saturated heterocycles. The number of nitrogens with two attached hydrogens (primary N) is 1. The Morgan fingerprint density at radius 2 is 1.87 bits per heavy atom. The number of amidine groups is 1. The van der Waals surface area contributed by atoms with Crippen LogP contribution in [0.15, 0.2) is 36.4 Å². The number of hydrogen-bond acceptors (Lipinski definition) is 5. The number of carbonyl (C=O) groups excluding carboxylic acids is 1. The Kier molecular flexibility index (Phi) is 9.22. The van der Waals surface area contributed by atoms with E-state index in [1.165, 1.54) is 18.2 Å². The lowest BCUT2D eigenvalue weighted by molar-refractivity contribution is 0.0950. The van der Waals surface area contributed by atoms with Crippen molar-refractivity contribution < 1.29 is 22.3 Å². The Morgan fingerprint density at radius 1 is 1.20 bits per heavy atom. The maximum atomic E-state index is 13.4. The third-order valence-corrected chi connectivity index (χ3v) is 4.69. The number of hydrogen-bond donors (Lipinski definition) is 4. The van der Waals surface area contributed by atoms with Gasteiger partial charge >= 0.3 is 0 Å². The summed E-state index contributed by atoms with van der Waals surface area (Å²) >= 11 is 0. The van der Waals surface area contributed by atoms with Crippen molar-refractivity contribution in [2.75, 3.05) is 19.4 Å². The van der Waals surface area contributed by atoms with Gasteiger partial charge in [0.2, 0.25) is 10.0 Å². The van der Waals surface area contributed by atoms with Crippen molar-refractivity contribution in [1.29, 1.82) is 5.41 Å². The number of sulfonamides is 1. The van der Waals surface area contributed by atoms with Crippen molar-refractivity contribution >= 4 is 34.2 Å². The van der Waals surface area contributed by atoms with Crippen LogP contribution in [0.25, 0.3) is 0 Å². The van der Waals surface area contributed by atoms with Crippen molar-refractivity contribution in [2.45, 2.75) is 13.5 Å². The first-order chi connectivity index (χ1) is 13.6. The first-order valence-electron chi connectivity index (χ1n) is 8.66. The molecule has 0 spiro atoms. The number of ether oxygens (including phenoxy) is 1. The summed E-state index contributed by atoms with van der Waals surface area (Å²) in [6, 6.07) is 8.91. The third-order valence-electron chi connectivity index (χ3n) is 3.96. The van der Waals surface area contributed by atoms with Crippen LogP contribution >= 0.6 is 12.4 Å². The van der Waals surface area contributed by atoms with Crippen molar-refractivity contribution in [3.8, 4) is 5.75 Å². The Hall–Kier alpha value is -2.69. The molecule has 0 fully saturated rings. The summed E-state index contributed by atoms with van der Waals surface area (Å²) in [7, 11) is -3.34. The fourth-order valence-corrected chi connectivity index (χ4v) is 2.91. The van der Waals surface area contributed by atoms with Crippen molar-refractivity contribution in [3.63, 3.8) is 0 Å². The highest BCUT2D eigenvalue weighted by Crippen LogP contribution is 2.21. The van der Waals surface area contributed by atoms with Crippen LogP contribution in [0.3, 0.4) is 0 Å². The van der Waals surface area contributed by atoms with E-state index in [2.05, 4.69) is 10.0 Å². The average Bonchev–Trinajstić information content (AvgIpc) is 2.65. The van der Waals surface area contributed by atoms with Crippen LogP contribution < -0.4 is 20.5 Å². The second kappa shape index (κ2) is 10.9. The SMILES string of the molecule is Cc1cc(C(=O)NCc2ccc(C(=N)N)cc2OCCNS(C)(=O)=O)ccc1F.Cl. The summed E-state index contributed by atoms with van der Waals surface area (Å²) in [4.78, 5) is 12.3. The van der Waals surface area contributed by atoms with Crippen LogP contribution in [0.1, 0.15) is 27.0 Å². The van der Waals surface area contributed by atoms with Crippen LogP contribution in [-0.4, -0.2) is 39.6 Å². The van der Waals surface area contributed by atoms with Gasteiger partial charge in [0.1, 0.15) is 24.0 Å². The number of nitrogen functional groups attached to an aromatic ring is 1. The van der Waals surface area contributed by atoms with E-state index in [1.807, 2.05) is 0 Å². The van der Waals surface area contributed by atoms with Gasteiger partial charge in [0.15, 0.2) is 0 Å².